The van der Waals surface area contributed by atoms with Crippen molar-refractivity contribution in [3.05, 3.63) is 62.7 Å². The number of thiazole rings is 1. The number of fused-ring (bicyclic) bond motifs is 1. The average molecular weight is 355 g/mol. The first-order valence-corrected chi connectivity index (χ1v) is 8.56. The van der Waals surface area contributed by atoms with E-state index in [9.17, 15) is 14.9 Å². The van der Waals surface area contributed by atoms with Crippen LogP contribution in [0.15, 0.2) is 30.3 Å². The van der Waals surface area contributed by atoms with E-state index in [1.165, 1.54) is 29.0 Å². The van der Waals surface area contributed by atoms with Gasteiger partial charge in [-0.2, -0.15) is 0 Å². The molecule has 0 saturated carbocycles. The predicted octanol–water partition coefficient (Wildman–Crippen LogP) is 4.31. The van der Waals surface area contributed by atoms with E-state index in [1.807, 2.05) is 20.8 Å². The fourth-order valence-electron chi connectivity index (χ4n) is 2.89. The number of hydrogen-bond acceptors (Lipinski definition) is 5. The molecule has 1 aromatic heterocycles. The Balaban J connectivity index is 1.79. The van der Waals surface area contributed by atoms with Gasteiger partial charge in [-0.1, -0.05) is 29.0 Å². The SMILES string of the molecule is Cc1cc(C)c(CC(=O)Nc2nc3ccc([N+](=O)[O-])cc3s2)c(C)c1. The quantitative estimate of drug-likeness (QED) is 0.558. The Morgan fingerprint density at radius 3 is 2.52 bits per heavy atom. The van der Waals surface area contributed by atoms with Gasteiger partial charge in [0, 0.05) is 12.1 Å². The van der Waals surface area contributed by atoms with Crippen molar-refractivity contribution in [3.8, 4) is 0 Å². The molecular formula is C18H17N3O3S. The molecule has 0 aliphatic heterocycles. The zero-order valence-electron chi connectivity index (χ0n) is 14.1. The molecule has 0 spiro atoms. The van der Waals surface area contributed by atoms with Gasteiger partial charge in [0.2, 0.25) is 5.91 Å². The number of nitro groups is 1. The largest absolute Gasteiger partial charge is 0.302 e. The van der Waals surface area contributed by atoms with Gasteiger partial charge in [0.25, 0.3) is 5.69 Å². The van der Waals surface area contributed by atoms with Crippen LogP contribution in [0, 0.1) is 30.9 Å². The minimum atomic E-state index is -0.444. The van der Waals surface area contributed by atoms with Gasteiger partial charge in [-0.15, -0.1) is 0 Å². The maximum atomic E-state index is 12.4. The van der Waals surface area contributed by atoms with Crippen molar-refractivity contribution >= 4 is 38.3 Å². The number of hydrogen-bond donors (Lipinski definition) is 1. The Kier molecular flexibility index (Phi) is 4.50. The second kappa shape index (κ2) is 6.60. The number of aryl methyl sites for hydroxylation is 3. The highest BCUT2D eigenvalue weighted by Gasteiger charge is 2.14. The fraction of sp³-hybridized carbons (Fsp3) is 0.222. The third-order valence-corrected chi connectivity index (χ3v) is 4.94. The summed E-state index contributed by atoms with van der Waals surface area (Å²) in [4.78, 5) is 27.1. The molecule has 0 fully saturated rings. The lowest BCUT2D eigenvalue weighted by atomic mass is 9.97. The normalized spacial score (nSPS) is 10.8. The van der Waals surface area contributed by atoms with Crippen molar-refractivity contribution in [2.24, 2.45) is 0 Å². The highest BCUT2D eigenvalue weighted by atomic mass is 32.1. The second-order valence-corrected chi connectivity index (χ2v) is 7.06. The first kappa shape index (κ1) is 17.0. The standard InChI is InChI=1S/C18H17N3O3S/c1-10-6-11(2)14(12(3)7-10)9-17(22)20-18-19-15-5-4-13(21(23)24)8-16(15)25-18/h4-8H,9H2,1-3H3,(H,19,20,22). The minimum Gasteiger partial charge on any atom is -0.302 e. The van der Waals surface area contributed by atoms with E-state index in [0.717, 1.165) is 16.7 Å². The summed E-state index contributed by atoms with van der Waals surface area (Å²) >= 11 is 1.23. The summed E-state index contributed by atoms with van der Waals surface area (Å²) in [6, 6.07) is 8.59. The first-order valence-electron chi connectivity index (χ1n) is 7.75. The molecule has 0 radical (unpaired) electrons. The molecule has 0 atom stereocenters. The minimum absolute atomic E-state index is 0.0138. The third kappa shape index (κ3) is 3.66. The summed E-state index contributed by atoms with van der Waals surface area (Å²) in [6.07, 6.45) is 0.272. The van der Waals surface area contributed by atoms with E-state index in [4.69, 9.17) is 0 Å². The lowest BCUT2D eigenvalue weighted by molar-refractivity contribution is -0.384. The van der Waals surface area contributed by atoms with E-state index < -0.39 is 4.92 Å². The van der Waals surface area contributed by atoms with Crippen LogP contribution in [0.3, 0.4) is 0 Å². The molecule has 128 valence electrons. The Labute approximate surface area is 148 Å². The first-order chi connectivity index (χ1) is 11.8. The predicted molar refractivity (Wildman–Crippen MR) is 99.3 cm³/mol. The van der Waals surface area contributed by atoms with Crippen molar-refractivity contribution in [2.75, 3.05) is 5.32 Å². The van der Waals surface area contributed by atoms with E-state index in [2.05, 4.69) is 22.4 Å². The van der Waals surface area contributed by atoms with Gasteiger partial charge in [-0.05, 0) is 43.5 Å². The van der Waals surface area contributed by atoms with Gasteiger partial charge < -0.3 is 5.32 Å². The van der Waals surface area contributed by atoms with E-state index >= 15 is 0 Å². The topological polar surface area (TPSA) is 85.1 Å². The van der Waals surface area contributed by atoms with Gasteiger partial charge >= 0.3 is 0 Å². The summed E-state index contributed by atoms with van der Waals surface area (Å²) in [5.74, 6) is -0.149. The Bertz CT molecular complexity index is 971. The van der Waals surface area contributed by atoms with Crippen LogP contribution >= 0.6 is 11.3 Å². The Hall–Kier alpha value is -2.80. The van der Waals surface area contributed by atoms with Gasteiger partial charge in [0.05, 0.1) is 21.6 Å². The summed E-state index contributed by atoms with van der Waals surface area (Å²) < 4.78 is 0.673. The fourth-order valence-corrected chi connectivity index (χ4v) is 3.81. The molecule has 0 unspecified atom stereocenters. The maximum Gasteiger partial charge on any atom is 0.270 e. The van der Waals surface area contributed by atoms with E-state index in [0.29, 0.717) is 15.3 Å². The van der Waals surface area contributed by atoms with Crippen LogP contribution in [-0.2, 0) is 11.2 Å². The molecule has 3 rings (SSSR count). The molecule has 7 heteroatoms. The molecule has 25 heavy (non-hydrogen) atoms. The van der Waals surface area contributed by atoms with Crippen molar-refractivity contribution < 1.29 is 9.72 Å². The molecule has 1 heterocycles. The second-order valence-electron chi connectivity index (χ2n) is 6.03. The summed E-state index contributed by atoms with van der Waals surface area (Å²) in [7, 11) is 0. The zero-order valence-corrected chi connectivity index (χ0v) is 14.9. The molecule has 3 aromatic rings. The van der Waals surface area contributed by atoms with Crippen molar-refractivity contribution in [1.82, 2.24) is 4.98 Å². The Morgan fingerprint density at radius 1 is 1.20 bits per heavy atom. The van der Waals surface area contributed by atoms with Crippen LogP contribution in [-0.4, -0.2) is 15.8 Å². The summed E-state index contributed by atoms with van der Waals surface area (Å²) in [5, 5.41) is 14.1. The third-order valence-electron chi connectivity index (χ3n) is 4.01. The smallest absolute Gasteiger partial charge is 0.270 e. The van der Waals surface area contributed by atoms with Crippen molar-refractivity contribution in [3.63, 3.8) is 0 Å². The van der Waals surface area contributed by atoms with E-state index in [-0.39, 0.29) is 18.0 Å². The van der Waals surface area contributed by atoms with Gasteiger partial charge in [-0.25, -0.2) is 4.98 Å². The molecule has 0 aliphatic rings. The van der Waals surface area contributed by atoms with Gasteiger partial charge in [0.1, 0.15) is 0 Å². The lowest BCUT2D eigenvalue weighted by Crippen LogP contribution is -2.15. The van der Waals surface area contributed by atoms with Crippen LogP contribution in [0.2, 0.25) is 0 Å². The highest BCUT2D eigenvalue weighted by molar-refractivity contribution is 7.22. The maximum absolute atomic E-state index is 12.4. The van der Waals surface area contributed by atoms with Crippen LogP contribution in [0.1, 0.15) is 22.3 Å². The number of carbonyl (C=O) groups is 1. The average Bonchev–Trinajstić information content (AvgIpc) is 2.91. The van der Waals surface area contributed by atoms with Crippen LogP contribution < -0.4 is 5.32 Å². The molecule has 6 nitrogen and oxygen atoms in total. The number of aromatic nitrogens is 1. The van der Waals surface area contributed by atoms with Crippen molar-refractivity contribution in [2.45, 2.75) is 27.2 Å². The Morgan fingerprint density at radius 2 is 1.88 bits per heavy atom. The number of nitrogens with zero attached hydrogens (tertiary/aromatic N) is 2. The number of amides is 1. The number of carbonyl (C=O) groups excluding carboxylic acids is 1. The summed E-state index contributed by atoms with van der Waals surface area (Å²) in [5.41, 5.74) is 5.01. The van der Waals surface area contributed by atoms with Gasteiger partial charge in [0.15, 0.2) is 5.13 Å². The highest BCUT2D eigenvalue weighted by Crippen LogP contribution is 2.29. The summed E-state index contributed by atoms with van der Waals surface area (Å²) in [6.45, 7) is 6.03. The van der Waals surface area contributed by atoms with Crippen LogP contribution in [0.4, 0.5) is 10.8 Å². The number of anilines is 1. The number of non-ortho nitro benzene ring substituents is 1. The van der Waals surface area contributed by atoms with Crippen LogP contribution in [0.5, 0.6) is 0 Å². The zero-order chi connectivity index (χ0) is 18.1. The molecule has 0 saturated heterocycles. The monoisotopic (exact) mass is 355 g/mol. The van der Waals surface area contributed by atoms with Crippen molar-refractivity contribution in [1.29, 1.82) is 0 Å². The molecule has 1 N–H and O–H groups in total. The number of nitrogens with one attached hydrogen (secondary N) is 1. The number of rotatable bonds is 4. The molecule has 0 aliphatic carbocycles. The molecule has 1 amide bonds. The number of benzene rings is 2. The molecular weight excluding hydrogens is 338 g/mol. The number of nitro benzene ring substituents is 1. The van der Waals surface area contributed by atoms with Crippen LogP contribution in [0.25, 0.3) is 10.2 Å². The molecule has 2 aromatic carbocycles. The lowest BCUT2D eigenvalue weighted by Gasteiger charge is -2.10. The molecule has 0 bridgehead atoms. The van der Waals surface area contributed by atoms with Gasteiger partial charge in [-0.3, -0.25) is 14.9 Å². The van der Waals surface area contributed by atoms with E-state index in [1.54, 1.807) is 6.07 Å².